The first-order valence-corrected chi connectivity index (χ1v) is 7.18. The number of hydrogen-bond acceptors (Lipinski definition) is 1. The van der Waals surface area contributed by atoms with Gasteiger partial charge in [-0.3, -0.25) is 0 Å². The van der Waals surface area contributed by atoms with Crippen molar-refractivity contribution in [2.24, 2.45) is 11.3 Å². The third-order valence-corrected chi connectivity index (χ3v) is 3.18. The van der Waals surface area contributed by atoms with Crippen LogP contribution in [-0.4, -0.2) is 12.6 Å². The van der Waals surface area contributed by atoms with Gasteiger partial charge >= 0.3 is 0 Å². The summed E-state index contributed by atoms with van der Waals surface area (Å²) in [6.45, 7) is 19.0. The van der Waals surface area contributed by atoms with Crippen molar-refractivity contribution in [3.05, 3.63) is 12.2 Å². The van der Waals surface area contributed by atoms with Gasteiger partial charge in [0.2, 0.25) is 0 Å². The maximum absolute atomic E-state index is 4.14. The second kappa shape index (κ2) is 7.92. The van der Waals surface area contributed by atoms with Crippen LogP contribution in [0.4, 0.5) is 0 Å². The van der Waals surface area contributed by atoms with Crippen LogP contribution in [0.3, 0.4) is 0 Å². The van der Waals surface area contributed by atoms with Gasteiger partial charge < -0.3 is 5.32 Å². The van der Waals surface area contributed by atoms with Crippen molar-refractivity contribution in [1.82, 2.24) is 5.32 Å². The Morgan fingerprint density at radius 1 is 1.24 bits per heavy atom. The first-order valence-electron chi connectivity index (χ1n) is 7.18. The SMILES string of the molecule is C=C(CC)CC(CC(C)CC(C)(C)C)NCC. The second-order valence-corrected chi connectivity index (χ2v) is 6.67. The average Bonchev–Trinajstić information content (AvgIpc) is 2.14. The minimum atomic E-state index is 0.442. The van der Waals surface area contributed by atoms with E-state index in [-0.39, 0.29) is 0 Å². The van der Waals surface area contributed by atoms with E-state index in [1.165, 1.54) is 18.4 Å². The highest BCUT2D eigenvalue weighted by Crippen LogP contribution is 2.27. The summed E-state index contributed by atoms with van der Waals surface area (Å²) in [5, 5.41) is 3.60. The fourth-order valence-electron chi connectivity index (χ4n) is 2.63. The summed E-state index contributed by atoms with van der Waals surface area (Å²) in [5.74, 6) is 0.781. The summed E-state index contributed by atoms with van der Waals surface area (Å²) in [7, 11) is 0. The molecule has 0 aliphatic carbocycles. The highest BCUT2D eigenvalue weighted by Gasteiger charge is 2.19. The first-order chi connectivity index (χ1) is 7.78. The molecular weight excluding hydrogens is 206 g/mol. The van der Waals surface area contributed by atoms with E-state index in [0.29, 0.717) is 11.5 Å². The molecule has 0 bridgehead atoms. The Kier molecular flexibility index (Phi) is 7.78. The van der Waals surface area contributed by atoms with E-state index in [1.807, 2.05) is 0 Å². The van der Waals surface area contributed by atoms with Gasteiger partial charge in [0.25, 0.3) is 0 Å². The van der Waals surface area contributed by atoms with Gasteiger partial charge in [0.15, 0.2) is 0 Å². The predicted octanol–water partition coefficient (Wildman–Crippen LogP) is 4.78. The zero-order valence-electron chi connectivity index (χ0n) is 12.9. The molecule has 0 rings (SSSR count). The van der Waals surface area contributed by atoms with Crippen molar-refractivity contribution in [3.8, 4) is 0 Å². The third-order valence-electron chi connectivity index (χ3n) is 3.18. The molecule has 0 saturated heterocycles. The van der Waals surface area contributed by atoms with Gasteiger partial charge in [-0.25, -0.2) is 0 Å². The number of rotatable bonds is 8. The highest BCUT2D eigenvalue weighted by molar-refractivity contribution is 4.96. The van der Waals surface area contributed by atoms with Crippen LogP contribution in [0.15, 0.2) is 12.2 Å². The molecule has 0 aromatic rings. The molecule has 2 unspecified atom stereocenters. The lowest BCUT2D eigenvalue weighted by atomic mass is 9.82. The molecule has 0 saturated carbocycles. The van der Waals surface area contributed by atoms with E-state index >= 15 is 0 Å². The van der Waals surface area contributed by atoms with Crippen LogP contribution in [-0.2, 0) is 0 Å². The van der Waals surface area contributed by atoms with Crippen molar-refractivity contribution >= 4 is 0 Å². The van der Waals surface area contributed by atoms with Gasteiger partial charge in [-0.05, 0) is 43.6 Å². The second-order valence-electron chi connectivity index (χ2n) is 6.67. The topological polar surface area (TPSA) is 12.0 Å². The predicted molar refractivity (Wildman–Crippen MR) is 79.4 cm³/mol. The van der Waals surface area contributed by atoms with E-state index in [9.17, 15) is 0 Å². The van der Waals surface area contributed by atoms with E-state index < -0.39 is 0 Å². The lowest BCUT2D eigenvalue weighted by Gasteiger charge is -2.27. The van der Waals surface area contributed by atoms with Gasteiger partial charge in [0.05, 0.1) is 0 Å². The van der Waals surface area contributed by atoms with Crippen LogP contribution >= 0.6 is 0 Å². The quantitative estimate of drug-likeness (QED) is 0.601. The summed E-state index contributed by atoms with van der Waals surface area (Å²) in [5.41, 5.74) is 1.82. The molecular formula is C16H33N. The van der Waals surface area contributed by atoms with Gasteiger partial charge in [-0.2, -0.15) is 0 Å². The maximum Gasteiger partial charge on any atom is 0.0107 e. The Hall–Kier alpha value is -0.300. The van der Waals surface area contributed by atoms with Crippen molar-refractivity contribution < 1.29 is 0 Å². The molecule has 0 aromatic heterocycles. The fourth-order valence-corrected chi connectivity index (χ4v) is 2.63. The molecule has 17 heavy (non-hydrogen) atoms. The molecule has 1 nitrogen and oxygen atoms in total. The van der Waals surface area contributed by atoms with Crippen LogP contribution in [0.5, 0.6) is 0 Å². The summed E-state index contributed by atoms with van der Waals surface area (Å²) in [4.78, 5) is 0. The number of nitrogens with one attached hydrogen (secondary N) is 1. The molecule has 1 N–H and O–H groups in total. The molecule has 2 atom stereocenters. The molecule has 0 heterocycles. The van der Waals surface area contributed by atoms with Gasteiger partial charge in [-0.15, -0.1) is 0 Å². The molecule has 0 spiro atoms. The van der Waals surface area contributed by atoms with Gasteiger partial charge in [-0.1, -0.05) is 53.7 Å². The molecule has 0 radical (unpaired) electrons. The van der Waals surface area contributed by atoms with E-state index in [0.717, 1.165) is 25.3 Å². The first kappa shape index (κ1) is 16.7. The average molecular weight is 239 g/mol. The monoisotopic (exact) mass is 239 g/mol. The summed E-state index contributed by atoms with van der Waals surface area (Å²) in [6.07, 6.45) is 4.81. The Morgan fingerprint density at radius 2 is 1.82 bits per heavy atom. The molecule has 0 aliphatic heterocycles. The zero-order valence-corrected chi connectivity index (χ0v) is 12.9. The summed E-state index contributed by atoms with van der Waals surface area (Å²) < 4.78 is 0. The minimum Gasteiger partial charge on any atom is -0.314 e. The lowest BCUT2D eigenvalue weighted by molar-refractivity contribution is 0.274. The Bertz CT molecular complexity index is 212. The Morgan fingerprint density at radius 3 is 2.24 bits per heavy atom. The standard InChI is InChI=1S/C16H33N/c1-8-13(3)10-15(17-9-2)11-14(4)12-16(5,6)7/h14-15,17H,3,8-12H2,1-2,4-7H3. The van der Waals surface area contributed by atoms with Gasteiger partial charge in [0.1, 0.15) is 0 Å². The molecule has 0 aromatic carbocycles. The Balaban J connectivity index is 4.19. The van der Waals surface area contributed by atoms with Crippen LogP contribution in [0, 0.1) is 11.3 Å². The zero-order chi connectivity index (χ0) is 13.5. The molecule has 102 valence electrons. The summed E-state index contributed by atoms with van der Waals surface area (Å²) in [6, 6.07) is 0.616. The molecule has 0 amide bonds. The smallest absolute Gasteiger partial charge is 0.0107 e. The molecule has 1 heteroatoms. The van der Waals surface area contributed by atoms with Gasteiger partial charge in [0, 0.05) is 6.04 Å². The van der Waals surface area contributed by atoms with Crippen molar-refractivity contribution in [2.75, 3.05) is 6.54 Å². The van der Waals surface area contributed by atoms with Crippen molar-refractivity contribution in [1.29, 1.82) is 0 Å². The van der Waals surface area contributed by atoms with Crippen LogP contribution in [0.2, 0.25) is 0 Å². The van der Waals surface area contributed by atoms with E-state index in [2.05, 4.69) is 53.4 Å². The third kappa shape index (κ3) is 9.41. The highest BCUT2D eigenvalue weighted by atomic mass is 14.9. The minimum absolute atomic E-state index is 0.442. The molecule has 0 aliphatic rings. The normalized spacial score (nSPS) is 15.6. The van der Waals surface area contributed by atoms with Crippen molar-refractivity contribution in [3.63, 3.8) is 0 Å². The van der Waals surface area contributed by atoms with E-state index in [4.69, 9.17) is 0 Å². The maximum atomic E-state index is 4.14. The van der Waals surface area contributed by atoms with Crippen LogP contribution in [0.1, 0.15) is 67.2 Å². The van der Waals surface area contributed by atoms with Crippen LogP contribution < -0.4 is 5.32 Å². The summed E-state index contributed by atoms with van der Waals surface area (Å²) >= 11 is 0. The molecule has 0 fully saturated rings. The Labute approximate surface area is 109 Å². The van der Waals surface area contributed by atoms with Crippen molar-refractivity contribution in [2.45, 2.75) is 73.3 Å². The lowest BCUT2D eigenvalue weighted by Crippen LogP contribution is -2.31. The van der Waals surface area contributed by atoms with Crippen LogP contribution in [0.25, 0.3) is 0 Å². The fraction of sp³-hybridized carbons (Fsp3) is 0.875. The largest absolute Gasteiger partial charge is 0.314 e. The number of hydrogen-bond donors (Lipinski definition) is 1. The van der Waals surface area contributed by atoms with E-state index in [1.54, 1.807) is 0 Å².